The third-order valence-corrected chi connectivity index (χ3v) is 5.06. The van der Waals surface area contributed by atoms with Crippen LogP contribution in [0.15, 0.2) is 36.4 Å². The Bertz CT molecular complexity index is 603. The standard InChI is InChI=1S/C15H13Cl2OP.Li.H/c1-9-5-3-6-10(2)14(9)19-15(18)13-11(16)7-4-8-12(13)17;;/h3-8,19H,1-2H3;;. The van der Waals surface area contributed by atoms with Gasteiger partial charge in [-0.05, 0) is 51.0 Å². The van der Waals surface area contributed by atoms with Crippen molar-refractivity contribution in [3.63, 3.8) is 0 Å². The average molecular weight is 319 g/mol. The third-order valence-electron chi connectivity index (χ3n) is 2.91. The van der Waals surface area contributed by atoms with E-state index in [1.54, 1.807) is 18.2 Å². The van der Waals surface area contributed by atoms with Gasteiger partial charge in [0.25, 0.3) is 0 Å². The summed E-state index contributed by atoms with van der Waals surface area (Å²) in [6.45, 7) is 4.02. The van der Waals surface area contributed by atoms with Crippen LogP contribution in [0.4, 0.5) is 0 Å². The first-order valence-electron chi connectivity index (χ1n) is 5.82. The van der Waals surface area contributed by atoms with E-state index in [0.717, 1.165) is 16.4 Å². The minimum atomic E-state index is -0.0204. The van der Waals surface area contributed by atoms with E-state index in [0.29, 0.717) is 15.6 Å². The summed E-state index contributed by atoms with van der Waals surface area (Å²) in [7, 11) is 0.0384. The van der Waals surface area contributed by atoms with Crippen molar-refractivity contribution in [2.75, 3.05) is 0 Å². The fourth-order valence-corrected chi connectivity index (χ4v) is 3.81. The summed E-state index contributed by atoms with van der Waals surface area (Å²) >= 11 is 12.1. The fourth-order valence-electron chi connectivity index (χ4n) is 1.90. The van der Waals surface area contributed by atoms with Crippen molar-refractivity contribution in [1.82, 2.24) is 0 Å². The Morgan fingerprint density at radius 1 is 0.950 bits per heavy atom. The van der Waals surface area contributed by atoms with Crippen molar-refractivity contribution in [1.29, 1.82) is 0 Å². The molecular formula is C15H14Cl2LiOP. The summed E-state index contributed by atoms with van der Waals surface area (Å²) in [5.41, 5.74) is 2.64. The SMILES string of the molecule is Cc1cccc(C)c1PC(=O)c1c(Cl)cccc1Cl.[LiH]. The van der Waals surface area contributed by atoms with Crippen LogP contribution < -0.4 is 5.30 Å². The summed E-state index contributed by atoms with van der Waals surface area (Å²) in [6.07, 6.45) is 0. The van der Waals surface area contributed by atoms with E-state index in [2.05, 4.69) is 0 Å². The molecule has 1 atom stereocenters. The number of rotatable bonds is 3. The Kier molecular flexibility index (Phi) is 6.79. The van der Waals surface area contributed by atoms with E-state index in [1.165, 1.54) is 0 Å². The van der Waals surface area contributed by atoms with Gasteiger partial charge >= 0.3 is 18.9 Å². The minimum absolute atomic E-state index is 0. The molecule has 0 saturated carbocycles. The quantitative estimate of drug-likeness (QED) is 0.615. The molecule has 5 heteroatoms. The molecule has 2 aromatic rings. The monoisotopic (exact) mass is 318 g/mol. The molecule has 0 aromatic heterocycles. The molecule has 100 valence electrons. The van der Waals surface area contributed by atoms with Crippen molar-refractivity contribution in [3.05, 3.63) is 63.1 Å². The van der Waals surface area contributed by atoms with Crippen molar-refractivity contribution >= 4 is 61.5 Å². The number of hydrogen-bond acceptors (Lipinski definition) is 1. The van der Waals surface area contributed by atoms with Crippen LogP contribution in [0.2, 0.25) is 10.0 Å². The normalized spacial score (nSPS) is 10.6. The molecule has 0 fully saturated rings. The molecule has 0 aliphatic heterocycles. The molecule has 20 heavy (non-hydrogen) atoms. The predicted molar refractivity (Wildman–Crippen MR) is 91.8 cm³/mol. The molecule has 0 heterocycles. The van der Waals surface area contributed by atoms with Gasteiger partial charge in [-0.15, -0.1) is 0 Å². The number of hydrogen-bond donors (Lipinski definition) is 0. The topological polar surface area (TPSA) is 17.1 Å². The zero-order valence-corrected chi connectivity index (χ0v) is 13.1. The summed E-state index contributed by atoms with van der Waals surface area (Å²) < 4.78 is 0. The second kappa shape index (κ2) is 7.65. The molecule has 2 rings (SSSR count). The molecule has 0 N–H and O–H groups in total. The summed E-state index contributed by atoms with van der Waals surface area (Å²) in [4.78, 5) is 12.4. The van der Waals surface area contributed by atoms with Crippen LogP contribution in [0, 0.1) is 13.8 Å². The summed E-state index contributed by atoms with van der Waals surface area (Å²) in [5.74, 6) is 0. The van der Waals surface area contributed by atoms with E-state index >= 15 is 0 Å². The molecule has 0 radical (unpaired) electrons. The van der Waals surface area contributed by atoms with E-state index < -0.39 is 0 Å². The Hall–Kier alpha value is -0.283. The molecule has 0 aliphatic carbocycles. The van der Waals surface area contributed by atoms with Crippen LogP contribution in [-0.2, 0) is 0 Å². The Morgan fingerprint density at radius 3 is 1.90 bits per heavy atom. The van der Waals surface area contributed by atoms with Gasteiger partial charge in [0.2, 0.25) is 0 Å². The number of halogens is 2. The first-order valence-corrected chi connectivity index (χ1v) is 7.58. The number of carbonyl (C=O) groups is 1. The Labute approximate surface area is 143 Å². The molecule has 0 spiro atoms. The molecule has 0 aliphatic rings. The average Bonchev–Trinajstić information content (AvgIpc) is 2.34. The molecule has 1 nitrogen and oxygen atoms in total. The molecule has 2 aromatic carbocycles. The van der Waals surface area contributed by atoms with Crippen LogP contribution in [-0.4, -0.2) is 24.4 Å². The molecule has 0 saturated heterocycles. The first kappa shape index (κ1) is 17.8. The second-order valence-corrected chi connectivity index (χ2v) is 6.34. The number of aryl methyl sites for hydroxylation is 2. The van der Waals surface area contributed by atoms with Crippen LogP contribution in [0.1, 0.15) is 21.5 Å². The zero-order valence-electron chi connectivity index (χ0n) is 10.6. The van der Waals surface area contributed by atoms with Gasteiger partial charge in [-0.3, -0.25) is 4.79 Å². The number of benzene rings is 2. The van der Waals surface area contributed by atoms with Crippen molar-refractivity contribution < 1.29 is 4.79 Å². The molecule has 1 unspecified atom stereocenters. The molecule has 0 bridgehead atoms. The Balaban J connectivity index is 0.00000200. The van der Waals surface area contributed by atoms with Gasteiger partial charge < -0.3 is 0 Å². The van der Waals surface area contributed by atoms with E-state index in [9.17, 15) is 4.79 Å². The van der Waals surface area contributed by atoms with Crippen LogP contribution in [0.3, 0.4) is 0 Å². The zero-order chi connectivity index (χ0) is 14.0. The number of carbonyl (C=O) groups excluding carboxylic acids is 1. The van der Waals surface area contributed by atoms with Gasteiger partial charge in [0, 0.05) is 0 Å². The van der Waals surface area contributed by atoms with Crippen molar-refractivity contribution in [3.8, 4) is 0 Å². The second-order valence-electron chi connectivity index (χ2n) is 4.32. The van der Waals surface area contributed by atoms with E-state index in [1.807, 2.05) is 32.0 Å². The maximum atomic E-state index is 12.4. The van der Waals surface area contributed by atoms with Crippen LogP contribution in [0.5, 0.6) is 0 Å². The van der Waals surface area contributed by atoms with Gasteiger partial charge in [-0.2, -0.15) is 0 Å². The fraction of sp³-hybridized carbons (Fsp3) is 0.133. The maximum absolute atomic E-state index is 12.4. The van der Waals surface area contributed by atoms with Crippen LogP contribution >= 0.6 is 31.8 Å². The first-order chi connectivity index (χ1) is 9.00. The van der Waals surface area contributed by atoms with Gasteiger partial charge in [-0.25, -0.2) is 0 Å². The van der Waals surface area contributed by atoms with Crippen LogP contribution in [0.25, 0.3) is 0 Å². The van der Waals surface area contributed by atoms with Gasteiger partial charge in [0.05, 0.1) is 15.6 Å². The van der Waals surface area contributed by atoms with Crippen molar-refractivity contribution in [2.45, 2.75) is 13.8 Å². The van der Waals surface area contributed by atoms with E-state index in [4.69, 9.17) is 23.2 Å². The van der Waals surface area contributed by atoms with Gasteiger partial charge in [0.1, 0.15) is 0 Å². The van der Waals surface area contributed by atoms with E-state index in [-0.39, 0.29) is 33.0 Å². The van der Waals surface area contributed by atoms with Gasteiger partial charge in [0.15, 0.2) is 5.52 Å². The van der Waals surface area contributed by atoms with Gasteiger partial charge in [-0.1, -0.05) is 47.5 Å². The third kappa shape index (κ3) is 3.88. The Morgan fingerprint density at radius 2 is 1.40 bits per heavy atom. The summed E-state index contributed by atoms with van der Waals surface area (Å²) in [5, 5.41) is 1.90. The molecular weight excluding hydrogens is 305 g/mol. The molecule has 0 amide bonds. The summed E-state index contributed by atoms with van der Waals surface area (Å²) in [6, 6.07) is 11.1. The van der Waals surface area contributed by atoms with Crippen molar-refractivity contribution in [2.24, 2.45) is 0 Å². The predicted octanol–water partition coefficient (Wildman–Crippen LogP) is 4.11.